The fourth-order valence-electron chi connectivity index (χ4n) is 0.445. The van der Waals surface area contributed by atoms with Crippen molar-refractivity contribution in [3.63, 3.8) is 0 Å². The van der Waals surface area contributed by atoms with E-state index in [1.165, 1.54) is 18.2 Å². The third kappa shape index (κ3) is 2.77. The Labute approximate surface area is 95.3 Å². The van der Waals surface area contributed by atoms with Gasteiger partial charge in [0, 0.05) is 0 Å². The summed E-state index contributed by atoms with van der Waals surface area (Å²) < 4.78 is 12.0. The molecule has 0 heterocycles. The van der Waals surface area contributed by atoms with E-state index in [-0.39, 0.29) is 51.4 Å². The van der Waals surface area contributed by atoms with Gasteiger partial charge < -0.3 is 5.11 Å². The van der Waals surface area contributed by atoms with Crippen molar-refractivity contribution >= 4 is 0 Å². The summed E-state index contributed by atoms with van der Waals surface area (Å²) in [5.41, 5.74) is 0. The van der Waals surface area contributed by atoms with Crippen molar-refractivity contribution in [2.24, 2.45) is 0 Å². The standard InChI is InChI=1S/C6H5FO.K/c7-5-3-1-2-4-6(5)8;/h1-4,8H;/q;+1/p-1. The monoisotopic (exact) mass is 150 g/mol. The van der Waals surface area contributed by atoms with Crippen LogP contribution in [0.4, 0.5) is 4.39 Å². The molecule has 3 heteroatoms. The molecule has 0 fully saturated rings. The number of para-hydroxylation sites is 1. The van der Waals surface area contributed by atoms with E-state index in [2.05, 4.69) is 0 Å². The Hall–Kier alpha value is 0.586. The maximum atomic E-state index is 12.0. The van der Waals surface area contributed by atoms with Crippen molar-refractivity contribution in [3.8, 4) is 5.75 Å². The van der Waals surface area contributed by atoms with Crippen LogP contribution in [-0.4, -0.2) is 0 Å². The molecule has 42 valence electrons. The van der Waals surface area contributed by atoms with Crippen LogP contribution in [0.15, 0.2) is 24.3 Å². The Morgan fingerprint density at radius 1 is 1.22 bits per heavy atom. The number of benzene rings is 1. The van der Waals surface area contributed by atoms with Crippen molar-refractivity contribution in [3.05, 3.63) is 30.1 Å². The fourth-order valence-corrected chi connectivity index (χ4v) is 0.445. The first-order valence-corrected chi connectivity index (χ1v) is 2.22. The maximum Gasteiger partial charge on any atom is 1.00 e. The van der Waals surface area contributed by atoms with Gasteiger partial charge in [0.05, 0.1) is 0 Å². The Bertz CT molecular complexity index is 169. The SMILES string of the molecule is [K+].[O-]c1ccccc1F. The van der Waals surface area contributed by atoms with Crippen LogP contribution >= 0.6 is 0 Å². The first-order chi connectivity index (χ1) is 3.80. The third-order valence-electron chi connectivity index (χ3n) is 0.837. The van der Waals surface area contributed by atoms with Gasteiger partial charge in [-0.25, -0.2) is 4.39 Å². The maximum absolute atomic E-state index is 12.0. The van der Waals surface area contributed by atoms with Gasteiger partial charge in [-0.15, -0.1) is 0 Å². The van der Waals surface area contributed by atoms with E-state index in [0.717, 1.165) is 6.07 Å². The van der Waals surface area contributed by atoms with Crippen LogP contribution in [0.25, 0.3) is 0 Å². The van der Waals surface area contributed by atoms with Gasteiger partial charge in [0.1, 0.15) is 5.82 Å². The first kappa shape index (κ1) is 9.59. The number of rotatable bonds is 0. The molecule has 0 atom stereocenters. The molecular formula is C6H4FKO. The predicted molar refractivity (Wildman–Crippen MR) is 25.8 cm³/mol. The second-order valence-electron chi connectivity index (χ2n) is 1.43. The molecular weight excluding hydrogens is 146 g/mol. The second-order valence-corrected chi connectivity index (χ2v) is 1.43. The minimum Gasteiger partial charge on any atom is -0.870 e. The zero-order valence-electron chi connectivity index (χ0n) is 5.10. The zero-order chi connectivity index (χ0) is 5.98. The van der Waals surface area contributed by atoms with E-state index >= 15 is 0 Å². The van der Waals surface area contributed by atoms with Crippen molar-refractivity contribution in [2.45, 2.75) is 0 Å². The normalized spacial score (nSPS) is 8.11. The summed E-state index contributed by atoms with van der Waals surface area (Å²) in [6.07, 6.45) is 0. The molecule has 0 N–H and O–H groups in total. The Kier molecular flexibility index (Phi) is 4.70. The van der Waals surface area contributed by atoms with Crippen molar-refractivity contribution in [2.75, 3.05) is 0 Å². The van der Waals surface area contributed by atoms with E-state index in [9.17, 15) is 9.50 Å². The summed E-state index contributed by atoms with van der Waals surface area (Å²) in [5.74, 6) is -1.24. The molecule has 0 saturated carbocycles. The van der Waals surface area contributed by atoms with Gasteiger partial charge >= 0.3 is 51.4 Å². The molecule has 0 spiro atoms. The summed E-state index contributed by atoms with van der Waals surface area (Å²) in [7, 11) is 0. The van der Waals surface area contributed by atoms with Gasteiger partial charge in [0.25, 0.3) is 0 Å². The second kappa shape index (κ2) is 4.41. The molecule has 1 aromatic carbocycles. The third-order valence-corrected chi connectivity index (χ3v) is 0.837. The molecule has 0 aliphatic rings. The van der Waals surface area contributed by atoms with Crippen LogP contribution in [-0.2, 0) is 0 Å². The molecule has 1 aromatic rings. The van der Waals surface area contributed by atoms with Crippen LogP contribution < -0.4 is 56.5 Å². The molecule has 0 aromatic heterocycles. The van der Waals surface area contributed by atoms with E-state index in [4.69, 9.17) is 0 Å². The van der Waals surface area contributed by atoms with Crippen molar-refractivity contribution in [1.29, 1.82) is 0 Å². The molecule has 0 saturated heterocycles. The van der Waals surface area contributed by atoms with Crippen LogP contribution in [0, 0.1) is 5.82 Å². The molecule has 0 aliphatic carbocycles. The Morgan fingerprint density at radius 3 is 2.11 bits per heavy atom. The molecule has 0 bridgehead atoms. The number of hydrogen-bond acceptors (Lipinski definition) is 1. The summed E-state index contributed by atoms with van der Waals surface area (Å²) in [4.78, 5) is 0. The van der Waals surface area contributed by atoms with E-state index in [1.54, 1.807) is 0 Å². The van der Waals surface area contributed by atoms with Crippen molar-refractivity contribution in [1.82, 2.24) is 0 Å². The summed E-state index contributed by atoms with van der Waals surface area (Å²) >= 11 is 0. The molecule has 1 rings (SSSR count). The summed E-state index contributed by atoms with van der Waals surface area (Å²) in [6.45, 7) is 0. The van der Waals surface area contributed by atoms with Gasteiger partial charge in [0.2, 0.25) is 0 Å². The molecule has 0 aliphatic heterocycles. The molecule has 0 amide bonds. The molecule has 0 unspecified atom stereocenters. The summed E-state index contributed by atoms with van der Waals surface area (Å²) in [6, 6.07) is 5.32. The molecule has 0 radical (unpaired) electrons. The van der Waals surface area contributed by atoms with Crippen LogP contribution in [0.1, 0.15) is 0 Å². The average Bonchev–Trinajstić information content (AvgIpc) is 1.77. The van der Waals surface area contributed by atoms with Crippen LogP contribution in [0.2, 0.25) is 0 Å². The van der Waals surface area contributed by atoms with E-state index in [1.807, 2.05) is 0 Å². The molecule has 1 nitrogen and oxygen atoms in total. The van der Waals surface area contributed by atoms with E-state index < -0.39 is 11.6 Å². The van der Waals surface area contributed by atoms with Gasteiger partial charge in [-0.05, 0) is 6.07 Å². The van der Waals surface area contributed by atoms with Crippen molar-refractivity contribution < 1.29 is 60.9 Å². The zero-order valence-corrected chi connectivity index (χ0v) is 8.22. The minimum absolute atomic E-state index is 0. The summed E-state index contributed by atoms with van der Waals surface area (Å²) in [5, 5.41) is 10.2. The fraction of sp³-hybridized carbons (Fsp3) is 0. The first-order valence-electron chi connectivity index (χ1n) is 2.22. The predicted octanol–water partition coefficient (Wildman–Crippen LogP) is -2.10. The van der Waals surface area contributed by atoms with Crippen LogP contribution in [0.3, 0.4) is 0 Å². The van der Waals surface area contributed by atoms with Gasteiger partial charge in [-0.2, -0.15) is 0 Å². The number of hydrogen-bond donors (Lipinski definition) is 0. The largest absolute Gasteiger partial charge is 1.00 e. The number of halogens is 1. The van der Waals surface area contributed by atoms with Gasteiger partial charge in [0.15, 0.2) is 0 Å². The quantitative estimate of drug-likeness (QED) is 0.389. The van der Waals surface area contributed by atoms with Gasteiger partial charge in [-0.3, -0.25) is 0 Å². The Balaban J connectivity index is 0.000000640. The Morgan fingerprint density at radius 2 is 1.78 bits per heavy atom. The topological polar surface area (TPSA) is 23.1 Å². The van der Waals surface area contributed by atoms with Crippen LogP contribution in [0.5, 0.6) is 5.75 Å². The average molecular weight is 150 g/mol. The van der Waals surface area contributed by atoms with Gasteiger partial charge in [-0.1, -0.05) is 23.9 Å². The van der Waals surface area contributed by atoms with E-state index in [0.29, 0.717) is 0 Å². The minimum atomic E-state index is -0.687. The molecule has 9 heavy (non-hydrogen) atoms. The smallest absolute Gasteiger partial charge is 0.870 e.